The zero-order chi connectivity index (χ0) is 21.5. The van der Waals surface area contributed by atoms with Crippen LogP contribution in [0.25, 0.3) is 11.3 Å². The van der Waals surface area contributed by atoms with E-state index in [2.05, 4.69) is 31.8 Å². The SMILES string of the molecule is O=C(CNC(=O)c1ccccc1Br)NN=Cc1ccc(-c2cccc([N+](=O)[O-])c2)o1. The molecule has 0 unspecified atom stereocenters. The molecule has 0 saturated carbocycles. The highest BCUT2D eigenvalue weighted by Crippen LogP contribution is 2.25. The molecular formula is C20H15BrN4O5. The number of furan rings is 1. The Hall–Kier alpha value is -3.79. The Morgan fingerprint density at radius 3 is 2.70 bits per heavy atom. The van der Waals surface area contributed by atoms with E-state index in [9.17, 15) is 19.7 Å². The van der Waals surface area contributed by atoms with Gasteiger partial charge >= 0.3 is 0 Å². The zero-order valence-electron chi connectivity index (χ0n) is 15.4. The van der Waals surface area contributed by atoms with Crippen molar-refractivity contribution in [3.8, 4) is 11.3 Å². The molecule has 0 aliphatic rings. The summed E-state index contributed by atoms with van der Waals surface area (Å²) in [6.07, 6.45) is 1.29. The number of rotatable bonds is 7. The molecule has 0 atom stereocenters. The molecule has 0 radical (unpaired) electrons. The fraction of sp³-hybridized carbons (Fsp3) is 0.0500. The van der Waals surface area contributed by atoms with Gasteiger partial charge in [-0.25, -0.2) is 5.43 Å². The molecule has 1 aromatic heterocycles. The van der Waals surface area contributed by atoms with Crippen molar-refractivity contribution in [2.75, 3.05) is 6.54 Å². The number of non-ortho nitro benzene ring substituents is 1. The lowest BCUT2D eigenvalue weighted by Gasteiger charge is -2.05. The third-order valence-corrected chi connectivity index (χ3v) is 4.57. The monoisotopic (exact) mass is 470 g/mol. The first-order valence-electron chi connectivity index (χ1n) is 8.63. The topological polar surface area (TPSA) is 127 Å². The fourth-order valence-corrected chi connectivity index (χ4v) is 2.92. The highest BCUT2D eigenvalue weighted by Gasteiger charge is 2.11. The first-order chi connectivity index (χ1) is 14.4. The van der Waals surface area contributed by atoms with Crippen molar-refractivity contribution in [1.82, 2.24) is 10.7 Å². The van der Waals surface area contributed by atoms with E-state index >= 15 is 0 Å². The molecule has 0 bridgehead atoms. The quantitative estimate of drug-likeness (QED) is 0.310. The molecule has 30 heavy (non-hydrogen) atoms. The van der Waals surface area contributed by atoms with Crippen molar-refractivity contribution in [2.24, 2.45) is 5.10 Å². The van der Waals surface area contributed by atoms with E-state index in [4.69, 9.17) is 4.42 Å². The zero-order valence-corrected chi connectivity index (χ0v) is 17.0. The van der Waals surface area contributed by atoms with E-state index in [0.29, 0.717) is 27.1 Å². The normalized spacial score (nSPS) is 10.7. The molecule has 3 aromatic rings. The van der Waals surface area contributed by atoms with Crippen molar-refractivity contribution in [1.29, 1.82) is 0 Å². The summed E-state index contributed by atoms with van der Waals surface area (Å²) in [7, 11) is 0. The highest BCUT2D eigenvalue weighted by atomic mass is 79.9. The molecule has 10 heteroatoms. The predicted molar refractivity (Wildman–Crippen MR) is 113 cm³/mol. The molecule has 0 aliphatic heterocycles. The number of hydrazone groups is 1. The molecule has 9 nitrogen and oxygen atoms in total. The number of nitro groups is 1. The second-order valence-corrected chi connectivity index (χ2v) is 6.82. The van der Waals surface area contributed by atoms with Gasteiger partial charge in [-0.1, -0.05) is 24.3 Å². The first-order valence-corrected chi connectivity index (χ1v) is 9.42. The van der Waals surface area contributed by atoms with Gasteiger partial charge in [0.1, 0.15) is 11.5 Å². The lowest BCUT2D eigenvalue weighted by atomic mass is 10.1. The molecule has 152 valence electrons. The fourth-order valence-electron chi connectivity index (χ4n) is 2.46. The van der Waals surface area contributed by atoms with Crippen molar-refractivity contribution < 1.29 is 18.9 Å². The van der Waals surface area contributed by atoms with Crippen LogP contribution in [0.4, 0.5) is 5.69 Å². The number of nitrogens with zero attached hydrogens (tertiary/aromatic N) is 2. The average Bonchev–Trinajstić information content (AvgIpc) is 3.21. The van der Waals surface area contributed by atoms with Crippen LogP contribution in [-0.2, 0) is 4.79 Å². The minimum atomic E-state index is -0.517. The van der Waals surface area contributed by atoms with Crippen molar-refractivity contribution in [2.45, 2.75) is 0 Å². The first kappa shape index (κ1) is 20.9. The molecule has 0 saturated heterocycles. The van der Waals surface area contributed by atoms with Crippen LogP contribution >= 0.6 is 15.9 Å². The van der Waals surface area contributed by atoms with Gasteiger partial charge in [-0.05, 0) is 40.2 Å². The second kappa shape index (κ2) is 9.61. The van der Waals surface area contributed by atoms with Crippen molar-refractivity contribution in [3.05, 3.63) is 86.6 Å². The Morgan fingerprint density at radius 2 is 1.93 bits per heavy atom. The maximum Gasteiger partial charge on any atom is 0.270 e. The van der Waals surface area contributed by atoms with E-state index in [1.807, 2.05) is 0 Å². The summed E-state index contributed by atoms with van der Waals surface area (Å²) in [6, 6.07) is 16.1. The number of hydrogen-bond donors (Lipinski definition) is 2. The highest BCUT2D eigenvalue weighted by molar-refractivity contribution is 9.10. The summed E-state index contributed by atoms with van der Waals surface area (Å²) in [5, 5.41) is 17.1. The lowest BCUT2D eigenvalue weighted by Crippen LogP contribution is -2.35. The molecule has 2 N–H and O–H groups in total. The van der Waals surface area contributed by atoms with Crippen LogP contribution < -0.4 is 10.7 Å². The predicted octanol–water partition coefficient (Wildman–Crippen LogP) is 3.50. The van der Waals surface area contributed by atoms with Gasteiger partial charge in [-0.15, -0.1) is 0 Å². The van der Waals surface area contributed by atoms with Crippen LogP contribution in [0.2, 0.25) is 0 Å². The van der Waals surface area contributed by atoms with E-state index in [1.165, 1.54) is 18.3 Å². The van der Waals surface area contributed by atoms with Crippen LogP contribution in [0.1, 0.15) is 16.1 Å². The number of halogens is 1. The molecule has 0 aliphatic carbocycles. The largest absolute Gasteiger partial charge is 0.455 e. The van der Waals surface area contributed by atoms with Crippen molar-refractivity contribution >= 4 is 39.6 Å². The number of nitro benzene ring substituents is 1. The Kier molecular flexibility index (Phi) is 6.71. The molecular weight excluding hydrogens is 456 g/mol. The van der Waals surface area contributed by atoms with Gasteiger partial charge in [-0.2, -0.15) is 5.10 Å². The Labute approximate surface area is 179 Å². The van der Waals surface area contributed by atoms with Gasteiger partial charge in [-0.3, -0.25) is 19.7 Å². The number of benzene rings is 2. The molecule has 0 fully saturated rings. The van der Waals surface area contributed by atoms with Gasteiger partial charge in [0, 0.05) is 22.2 Å². The van der Waals surface area contributed by atoms with Crippen LogP contribution in [0.3, 0.4) is 0 Å². The molecule has 0 spiro atoms. The van der Waals surface area contributed by atoms with Crippen LogP contribution in [0.15, 0.2) is 74.7 Å². The van der Waals surface area contributed by atoms with E-state index in [-0.39, 0.29) is 12.2 Å². The maximum absolute atomic E-state index is 12.1. The number of hydrogen-bond acceptors (Lipinski definition) is 6. The lowest BCUT2D eigenvalue weighted by molar-refractivity contribution is -0.384. The molecule has 3 rings (SSSR count). The maximum atomic E-state index is 12.1. The van der Waals surface area contributed by atoms with Crippen LogP contribution in [0, 0.1) is 10.1 Å². The summed E-state index contributed by atoms with van der Waals surface area (Å²) in [5.74, 6) is -0.146. The van der Waals surface area contributed by atoms with E-state index < -0.39 is 16.7 Å². The Bertz CT molecular complexity index is 1130. The van der Waals surface area contributed by atoms with E-state index in [0.717, 1.165) is 0 Å². The third-order valence-electron chi connectivity index (χ3n) is 3.88. The van der Waals surface area contributed by atoms with Gasteiger partial charge in [0.25, 0.3) is 17.5 Å². The minimum absolute atomic E-state index is 0.0454. The van der Waals surface area contributed by atoms with E-state index in [1.54, 1.807) is 48.5 Å². The Balaban J connectivity index is 1.53. The summed E-state index contributed by atoms with van der Waals surface area (Å²) in [4.78, 5) is 34.3. The summed E-state index contributed by atoms with van der Waals surface area (Å²) in [5.41, 5.74) is 3.19. The summed E-state index contributed by atoms with van der Waals surface area (Å²) >= 11 is 3.27. The number of nitrogens with one attached hydrogen (secondary N) is 2. The molecule has 1 heterocycles. The van der Waals surface area contributed by atoms with Gasteiger partial charge < -0.3 is 9.73 Å². The van der Waals surface area contributed by atoms with Gasteiger partial charge in [0.2, 0.25) is 0 Å². The summed E-state index contributed by atoms with van der Waals surface area (Å²) < 4.78 is 6.18. The molecule has 2 amide bonds. The van der Waals surface area contributed by atoms with Crippen LogP contribution in [0.5, 0.6) is 0 Å². The van der Waals surface area contributed by atoms with Crippen molar-refractivity contribution in [3.63, 3.8) is 0 Å². The smallest absolute Gasteiger partial charge is 0.270 e. The average molecular weight is 471 g/mol. The standard InChI is InChI=1S/C20H15BrN4O5/c21-17-7-2-1-6-16(17)20(27)22-12-19(26)24-23-11-15-8-9-18(30-15)13-4-3-5-14(10-13)25(28)29/h1-11H,12H2,(H,22,27)(H,24,26). The van der Waals surface area contributed by atoms with Gasteiger partial charge in [0.15, 0.2) is 0 Å². The number of carbonyl (C=O) groups is 2. The molecule has 2 aromatic carbocycles. The summed E-state index contributed by atoms with van der Waals surface area (Å²) in [6.45, 7) is -0.255. The number of amides is 2. The van der Waals surface area contributed by atoms with Gasteiger partial charge in [0.05, 0.1) is 23.2 Å². The van der Waals surface area contributed by atoms with Crippen LogP contribution in [-0.4, -0.2) is 29.5 Å². The number of carbonyl (C=O) groups excluding carboxylic acids is 2. The third kappa shape index (κ3) is 5.39. The minimum Gasteiger partial charge on any atom is -0.455 e. The Morgan fingerprint density at radius 1 is 1.13 bits per heavy atom. The second-order valence-electron chi connectivity index (χ2n) is 5.97.